The van der Waals surface area contributed by atoms with Crippen LogP contribution in [0.2, 0.25) is 5.02 Å². The number of nitrogens with zero attached hydrogens (tertiary/aromatic N) is 3. The number of aromatic nitrogens is 2. The highest BCUT2D eigenvalue weighted by molar-refractivity contribution is 7.12. The first-order valence-corrected chi connectivity index (χ1v) is 10.8. The molecule has 0 radical (unpaired) electrons. The number of aromatic amines is 1. The van der Waals surface area contributed by atoms with Gasteiger partial charge in [0, 0.05) is 27.6 Å². The molecule has 0 bridgehead atoms. The number of carbonyl (C=O) groups is 1. The first kappa shape index (κ1) is 21.1. The summed E-state index contributed by atoms with van der Waals surface area (Å²) >= 11 is 7.56. The van der Waals surface area contributed by atoms with Crippen LogP contribution in [-0.4, -0.2) is 31.3 Å². The Morgan fingerprint density at radius 2 is 2.10 bits per heavy atom. The quantitative estimate of drug-likeness (QED) is 0.625. The van der Waals surface area contributed by atoms with Crippen molar-refractivity contribution in [3.63, 3.8) is 0 Å². The van der Waals surface area contributed by atoms with Crippen molar-refractivity contribution in [1.29, 1.82) is 0 Å². The fraction of sp³-hybridized carbons (Fsp3) is 0.238. The second-order valence-corrected chi connectivity index (χ2v) is 8.84. The fourth-order valence-electron chi connectivity index (χ4n) is 3.55. The third-order valence-corrected chi connectivity index (χ3v) is 6.34. The van der Waals surface area contributed by atoms with Crippen molar-refractivity contribution in [3.8, 4) is 11.6 Å². The normalized spacial score (nSPS) is 15.9. The number of amides is 1. The number of halogens is 1. The Morgan fingerprint density at radius 1 is 1.32 bits per heavy atom. The molecule has 3 heterocycles. The summed E-state index contributed by atoms with van der Waals surface area (Å²) in [7, 11) is 0. The number of aryl methyl sites for hydroxylation is 1. The Labute approximate surface area is 186 Å². The van der Waals surface area contributed by atoms with Gasteiger partial charge in [-0.1, -0.05) is 24.6 Å². The van der Waals surface area contributed by atoms with Gasteiger partial charge in [-0.2, -0.15) is 5.10 Å². The SMILES string of the molecule is CCC(=O)N1N=C(c2c(O)n(-c3cccc(Cl)c3)c(=O)[nH]c2=O)C[C@@H]1c1ccc(C)s1. The van der Waals surface area contributed by atoms with Gasteiger partial charge in [0.2, 0.25) is 11.8 Å². The van der Waals surface area contributed by atoms with E-state index in [4.69, 9.17) is 11.6 Å². The zero-order chi connectivity index (χ0) is 22.3. The van der Waals surface area contributed by atoms with Crippen molar-refractivity contribution in [2.24, 2.45) is 5.10 Å². The number of thiophene rings is 1. The molecule has 1 aliphatic heterocycles. The molecular weight excluding hydrogens is 440 g/mol. The smallest absolute Gasteiger partial charge is 0.335 e. The van der Waals surface area contributed by atoms with Crippen molar-refractivity contribution in [2.45, 2.75) is 32.7 Å². The van der Waals surface area contributed by atoms with Crippen LogP contribution in [0.4, 0.5) is 0 Å². The van der Waals surface area contributed by atoms with E-state index < -0.39 is 17.1 Å². The zero-order valence-electron chi connectivity index (χ0n) is 16.8. The molecule has 2 aromatic heterocycles. The predicted octanol–water partition coefficient (Wildman–Crippen LogP) is 3.34. The minimum absolute atomic E-state index is 0.149. The van der Waals surface area contributed by atoms with E-state index in [0.717, 1.165) is 14.3 Å². The third kappa shape index (κ3) is 3.82. The summed E-state index contributed by atoms with van der Waals surface area (Å²) in [6.07, 6.45) is 0.470. The molecule has 4 rings (SSSR count). The monoisotopic (exact) mass is 458 g/mol. The van der Waals surface area contributed by atoms with Crippen molar-refractivity contribution in [2.75, 3.05) is 0 Å². The topological polar surface area (TPSA) is 108 Å². The summed E-state index contributed by atoms with van der Waals surface area (Å²) in [5.74, 6) is -0.758. The maximum Gasteiger partial charge on any atom is 0.335 e. The Balaban J connectivity index is 1.85. The van der Waals surface area contributed by atoms with E-state index in [-0.39, 0.29) is 41.8 Å². The van der Waals surface area contributed by atoms with E-state index in [1.54, 1.807) is 36.5 Å². The van der Waals surface area contributed by atoms with Crippen LogP contribution in [-0.2, 0) is 4.79 Å². The molecule has 0 unspecified atom stereocenters. The van der Waals surface area contributed by atoms with Crippen LogP contribution in [0, 0.1) is 6.92 Å². The van der Waals surface area contributed by atoms with Gasteiger partial charge in [-0.05, 0) is 37.3 Å². The number of carbonyl (C=O) groups excluding carboxylic acids is 1. The van der Waals surface area contributed by atoms with Crippen LogP contribution in [0.3, 0.4) is 0 Å². The molecule has 1 amide bonds. The molecule has 2 N–H and O–H groups in total. The van der Waals surface area contributed by atoms with Crippen molar-refractivity contribution in [3.05, 3.63) is 77.6 Å². The standard InChI is InChI=1S/C21H19ClN4O4S/c1-3-17(27)26-15(16-8-7-11(2)31-16)10-14(24-26)18-19(28)23-21(30)25(20(18)29)13-6-4-5-12(22)9-13/h4-9,15,29H,3,10H2,1-2H3,(H,23,28,30)/t15-/m1/s1. The van der Waals surface area contributed by atoms with Gasteiger partial charge in [-0.25, -0.2) is 14.4 Å². The van der Waals surface area contributed by atoms with Crippen LogP contribution in [0.15, 0.2) is 51.1 Å². The molecule has 0 fully saturated rings. The number of benzene rings is 1. The second-order valence-electron chi connectivity index (χ2n) is 7.08. The van der Waals surface area contributed by atoms with Gasteiger partial charge >= 0.3 is 5.69 Å². The maximum atomic E-state index is 12.7. The van der Waals surface area contributed by atoms with E-state index >= 15 is 0 Å². The lowest BCUT2D eigenvalue weighted by atomic mass is 10.0. The molecule has 160 valence electrons. The molecule has 0 spiro atoms. The zero-order valence-corrected chi connectivity index (χ0v) is 18.3. The highest BCUT2D eigenvalue weighted by Crippen LogP contribution is 2.37. The summed E-state index contributed by atoms with van der Waals surface area (Å²) in [5, 5.41) is 17.0. The van der Waals surface area contributed by atoms with Crippen LogP contribution in [0.25, 0.3) is 5.69 Å². The summed E-state index contributed by atoms with van der Waals surface area (Å²) in [6, 6.07) is 9.82. The molecule has 10 heteroatoms. The lowest BCUT2D eigenvalue weighted by Gasteiger charge is -2.19. The van der Waals surface area contributed by atoms with Crippen LogP contribution in [0.5, 0.6) is 5.88 Å². The van der Waals surface area contributed by atoms with Crippen LogP contribution >= 0.6 is 22.9 Å². The Kier molecular flexibility index (Phi) is 5.55. The van der Waals surface area contributed by atoms with Gasteiger partial charge in [0.05, 0.1) is 17.4 Å². The number of hydrogen-bond donors (Lipinski definition) is 2. The molecule has 31 heavy (non-hydrogen) atoms. The van der Waals surface area contributed by atoms with Gasteiger partial charge in [-0.15, -0.1) is 11.3 Å². The molecule has 0 saturated carbocycles. The van der Waals surface area contributed by atoms with Gasteiger partial charge in [0.15, 0.2) is 0 Å². The number of H-pyrrole nitrogens is 1. The minimum atomic E-state index is -0.806. The summed E-state index contributed by atoms with van der Waals surface area (Å²) in [5.41, 5.74) is -1.21. The fourth-order valence-corrected chi connectivity index (χ4v) is 4.70. The molecule has 1 aromatic carbocycles. The molecular formula is C21H19ClN4O4S. The highest BCUT2D eigenvalue weighted by Gasteiger charge is 2.36. The number of aromatic hydroxyl groups is 1. The Hall–Kier alpha value is -3.17. The van der Waals surface area contributed by atoms with Crippen LogP contribution in [0.1, 0.15) is 41.1 Å². The lowest BCUT2D eigenvalue weighted by Crippen LogP contribution is -2.33. The van der Waals surface area contributed by atoms with E-state index in [1.165, 1.54) is 11.1 Å². The van der Waals surface area contributed by atoms with Crippen LogP contribution < -0.4 is 11.2 Å². The molecule has 1 atom stereocenters. The van der Waals surface area contributed by atoms with Crippen molar-refractivity contribution < 1.29 is 9.90 Å². The molecule has 8 nitrogen and oxygen atoms in total. The van der Waals surface area contributed by atoms with E-state index in [0.29, 0.717) is 5.02 Å². The molecule has 3 aromatic rings. The number of hydrogen-bond acceptors (Lipinski definition) is 6. The third-order valence-electron chi connectivity index (χ3n) is 5.00. The van der Waals surface area contributed by atoms with Crippen molar-refractivity contribution in [1.82, 2.24) is 14.6 Å². The van der Waals surface area contributed by atoms with E-state index in [9.17, 15) is 19.5 Å². The van der Waals surface area contributed by atoms with E-state index in [1.807, 2.05) is 19.1 Å². The summed E-state index contributed by atoms with van der Waals surface area (Å²) in [4.78, 5) is 41.9. The number of hydrazone groups is 1. The average molecular weight is 459 g/mol. The Morgan fingerprint density at radius 3 is 2.74 bits per heavy atom. The minimum Gasteiger partial charge on any atom is -0.493 e. The number of rotatable bonds is 4. The highest BCUT2D eigenvalue weighted by atomic mass is 35.5. The van der Waals surface area contributed by atoms with Crippen molar-refractivity contribution >= 4 is 34.6 Å². The second kappa shape index (κ2) is 8.16. The average Bonchev–Trinajstić information content (AvgIpc) is 3.33. The first-order chi connectivity index (χ1) is 14.8. The van der Waals surface area contributed by atoms with Gasteiger partial charge in [-0.3, -0.25) is 14.6 Å². The van der Waals surface area contributed by atoms with E-state index in [2.05, 4.69) is 10.1 Å². The predicted molar refractivity (Wildman–Crippen MR) is 119 cm³/mol. The lowest BCUT2D eigenvalue weighted by molar-refractivity contribution is -0.132. The number of nitrogens with one attached hydrogen (secondary N) is 1. The molecule has 1 aliphatic rings. The van der Waals surface area contributed by atoms with Gasteiger partial charge in [0.25, 0.3) is 5.56 Å². The molecule has 0 saturated heterocycles. The first-order valence-electron chi connectivity index (χ1n) is 9.60. The summed E-state index contributed by atoms with van der Waals surface area (Å²) in [6.45, 7) is 3.70. The molecule has 0 aliphatic carbocycles. The van der Waals surface area contributed by atoms with Gasteiger partial charge < -0.3 is 5.11 Å². The Bertz CT molecular complexity index is 1320. The largest absolute Gasteiger partial charge is 0.493 e. The summed E-state index contributed by atoms with van der Waals surface area (Å²) < 4.78 is 0.958. The van der Waals surface area contributed by atoms with Gasteiger partial charge in [0.1, 0.15) is 5.56 Å². The maximum absolute atomic E-state index is 12.7.